The second-order valence-corrected chi connectivity index (χ2v) is 9.97. The number of carbonyl (C=O) groups is 6. The van der Waals surface area contributed by atoms with Gasteiger partial charge in [0.25, 0.3) is 0 Å². The van der Waals surface area contributed by atoms with Crippen LogP contribution in [-0.2, 0) is 35.2 Å². The number of ketones is 1. The molecule has 10 N–H and O–H groups in total. The van der Waals surface area contributed by atoms with E-state index in [9.17, 15) is 33.9 Å². The average Bonchev–Trinajstić information content (AvgIpc) is 2.96. The number of Topliss-reactive ketones (excluding diaryl/α,β-unsaturated/α-hetero) is 1. The zero-order valence-corrected chi connectivity index (χ0v) is 24.0. The number of aliphatic hydroxyl groups excluding tert-OH is 2. The van der Waals surface area contributed by atoms with Gasteiger partial charge < -0.3 is 42.9 Å². The fourth-order valence-electron chi connectivity index (χ4n) is 4.02. The van der Waals surface area contributed by atoms with Crippen LogP contribution in [0.25, 0.3) is 0 Å². The van der Waals surface area contributed by atoms with Crippen LogP contribution in [-0.4, -0.2) is 90.0 Å². The van der Waals surface area contributed by atoms with Gasteiger partial charge in [0.2, 0.25) is 29.5 Å². The van der Waals surface area contributed by atoms with Crippen LogP contribution < -0.4 is 32.7 Å². The molecule has 4 atom stereocenters. The van der Waals surface area contributed by atoms with Crippen molar-refractivity contribution < 1.29 is 39.0 Å². The monoisotopic (exact) mass is 592 g/mol. The van der Waals surface area contributed by atoms with Crippen LogP contribution in [0.3, 0.4) is 0 Å². The summed E-state index contributed by atoms with van der Waals surface area (Å²) < 4.78 is 0. The fraction of sp³-hybridized carbons (Fsp3) is 0.571. The third-order valence-electron chi connectivity index (χ3n) is 6.48. The molecule has 5 amide bonds. The Bertz CT molecular complexity index is 1040. The van der Waals surface area contributed by atoms with Crippen molar-refractivity contribution in [3.63, 3.8) is 0 Å². The van der Waals surface area contributed by atoms with Crippen LogP contribution in [0.2, 0.25) is 0 Å². The van der Waals surface area contributed by atoms with Gasteiger partial charge in [-0.05, 0) is 31.2 Å². The first kappa shape index (κ1) is 36.1. The number of benzene rings is 1. The maximum absolute atomic E-state index is 12.7. The number of primary amides is 1. The summed E-state index contributed by atoms with van der Waals surface area (Å²) in [5.41, 5.74) is 11.8. The average molecular weight is 593 g/mol. The maximum Gasteiger partial charge on any atom is 0.242 e. The van der Waals surface area contributed by atoms with Crippen molar-refractivity contribution in [1.82, 2.24) is 21.3 Å². The summed E-state index contributed by atoms with van der Waals surface area (Å²) in [6.07, 6.45) is 1.50. The predicted molar refractivity (Wildman–Crippen MR) is 153 cm³/mol. The molecule has 0 bridgehead atoms. The molecule has 0 aliphatic rings. The van der Waals surface area contributed by atoms with Gasteiger partial charge in [0.15, 0.2) is 5.78 Å². The highest BCUT2D eigenvalue weighted by molar-refractivity contribution is 5.90. The van der Waals surface area contributed by atoms with Crippen molar-refractivity contribution in [3.8, 4) is 0 Å². The first-order valence-electron chi connectivity index (χ1n) is 13.9. The molecular weight excluding hydrogens is 548 g/mol. The van der Waals surface area contributed by atoms with Crippen molar-refractivity contribution in [3.05, 3.63) is 35.9 Å². The topological polar surface area (TPSA) is 243 Å². The van der Waals surface area contributed by atoms with E-state index in [1.807, 2.05) is 30.3 Å². The van der Waals surface area contributed by atoms with Gasteiger partial charge in [0.05, 0.1) is 13.2 Å². The molecule has 1 aromatic carbocycles. The van der Waals surface area contributed by atoms with E-state index >= 15 is 0 Å². The minimum atomic E-state index is -1.14. The number of hydrogen-bond acceptors (Lipinski definition) is 9. The number of nitrogens with one attached hydrogen (secondary N) is 4. The molecule has 42 heavy (non-hydrogen) atoms. The molecule has 0 heterocycles. The molecule has 14 heteroatoms. The van der Waals surface area contributed by atoms with E-state index in [-0.39, 0.29) is 38.0 Å². The third kappa shape index (κ3) is 14.7. The predicted octanol–water partition coefficient (Wildman–Crippen LogP) is -2.23. The van der Waals surface area contributed by atoms with Crippen LogP contribution in [0.1, 0.15) is 51.0 Å². The van der Waals surface area contributed by atoms with Crippen LogP contribution in [0.5, 0.6) is 0 Å². The highest BCUT2D eigenvalue weighted by atomic mass is 16.3. The summed E-state index contributed by atoms with van der Waals surface area (Å²) in [7, 11) is 0. The lowest BCUT2D eigenvalue weighted by molar-refractivity contribution is -0.130. The largest absolute Gasteiger partial charge is 0.394 e. The molecule has 1 aromatic rings. The lowest BCUT2D eigenvalue weighted by Crippen LogP contribution is -2.53. The Labute approximate surface area is 245 Å². The van der Waals surface area contributed by atoms with Gasteiger partial charge in [-0.15, -0.1) is 0 Å². The van der Waals surface area contributed by atoms with E-state index in [0.717, 1.165) is 5.56 Å². The molecule has 4 unspecified atom stereocenters. The molecule has 0 aliphatic heterocycles. The number of aliphatic hydroxyl groups is 2. The molecule has 0 fully saturated rings. The van der Waals surface area contributed by atoms with E-state index in [4.69, 9.17) is 16.6 Å². The van der Waals surface area contributed by atoms with Crippen molar-refractivity contribution in [1.29, 1.82) is 0 Å². The van der Waals surface area contributed by atoms with Crippen LogP contribution in [0.15, 0.2) is 30.3 Å². The van der Waals surface area contributed by atoms with Gasteiger partial charge in [0.1, 0.15) is 18.1 Å². The molecular formula is C28H44N6O8. The lowest BCUT2D eigenvalue weighted by Gasteiger charge is -2.20. The molecule has 0 radical (unpaired) electrons. The minimum absolute atomic E-state index is 0.0184. The second kappa shape index (κ2) is 20.1. The van der Waals surface area contributed by atoms with Crippen LogP contribution in [0.4, 0.5) is 0 Å². The van der Waals surface area contributed by atoms with Crippen molar-refractivity contribution >= 4 is 35.3 Å². The van der Waals surface area contributed by atoms with E-state index in [1.165, 1.54) is 6.92 Å². The van der Waals surface area contributed by atoms with Gasteiger partial charge >= 0.3 is 0 Å². The first-order valence-corrected chi connectivity index (χ1v) is 13.9. The van der Waals surface area contributed by atoms with E-state index in [2.05, 4.69) is 21.3 Å². The zero-order chi connectivity index (χ0) is 31.5. The standard InChI is InChI=1S/C28H44N6O8/c1-18(37)33-23(17-36)24(38)11-9-20(26(30)40)10-12-25(39)31-13-5-6-14-32-28(42)22(34-27(41)21(29)16-35)15-19-7-3-2-4-8-19/h2-4,7-8,20-23,35-36H,5-6,9-17,29H2,1H3,(H2,30,40)(H,31,39)(H,32,42)(H,33,37)(H,34,41). The number of rotatable bonds is 21. The summed E-state index contributed by atoms with van der Waals surface area (Å²) in [6, 6.07) is 6.04. The Morgan fingerprint density at radius 2 is 1.43 bits per heavy atom. The molecule has 0 spiro atoms. The van der Waals surface area contributed by atoms with Gasteiger partial charge in [-0.1, -0.05) is 30.3 Å². The molecule has 0 aromatic heterocycles. The van der Waals surface area contributed by atoms with E-state index < -0.39 is 66.7 Å². The molecule has 234 valence electrons. The highest BCUT2D eigenvalue weighted by Gasteiger charge is 2.24. The summed E-state index contributed by atoms with van der Waals surface area (Å²) >= 11 is 0. The SMILES string of the molecule is CC(=O)NC(CO)C(=O)CCC(CCC(=O)NCCCCNC(=O)C(Cc1ccccc1)NC(=O)C(N)CO)C(N)=O. The third-order valence-corrected chi connectivity index (χ3v) is 6.48. The Morgan fingerprint density at radius 1 is 0.810 bits per heavy atom. The summed E-state index contributed by atoms with van der Waals surface area (Å²) in [5, 5.41) is 28.8. The molecule has 1 rings (SSSR count). The quantitative estimate of drug-likeness (QED) is 0.0719. The molecule has 14 nitrogen and oxygen atoms in total. The Morgan fingerprint density at radius 3 is 2.00 bits per heavy atom. The number of carbonyl (C=O) groups excluding carboxylic acids is 6. The maximum atomic E-state index is 12.7. The van der Waals surface area contributed by atoms with Crippen molar-refractivity contribution in [2.75, 3.05) is 26.3 Å². The molecule has 0 saturated carbocycles. The number of unbranched alkanes of at least 4 members (excludes halogenated alkanes) is 1. The molecule has 0 aliphatic carbocycles. The number of amides is 5. The summed E-state index contributed by atoms with van der Waals surface area (Å²) in [4.78, 5) is 72.2. The number of nitrogens with two attached hydrogens (primary N) is 2. The first-order chi connectivity index (χ1) is 20.0. The van der Waals surface area contributed by atoms with E-state index in [0.29, 0.717) is 25.9 Å². The highest BCUT2D eigenvalue weighted by Crippen LogP contribution is 2.14. The van der Waals surface area contributed by atoms with Crippen molar-refractivity contribution in [2.45, 2.75) is 70.0 Å². The Hall–Kier alpha value is -3.88. The van der Waals surface area contributed by atoms with Gasteiger partial charge in [-0.3, -0.25) is 28.8 Å². The van der Waals surface area contributed by atoms with Crippen LogP contribution >= 0.6 is 0 Å². The summed E-state index contributed by atoms with van der Waals surface area (Å²) in [5.74, 6) is -3.60. The Balaban J connectivity index is 2.40. The molecule has 0 saturated heterocycles. The normalized spacial score (nSPS) is 13.6. The lowest BCUT2D eigenvalue weighted by atomic mass is 9.94. The minimum Gasteiger partial charge on any atom is -0.394 e. The van der Waals surface area contributed by atoms with Gasteiger partial charge in [-0.2, -0.15) is 0 Å². The smallest absolute Gasteiger partial charge is 0.242 e. The van der Waals surface area contributed by atoms with Crippen molar-refractivity contribution in [2.24, 2.45) is 17.4 Å². The summed E-state index contributed by atoms with van der Waals surface area (Å²) in [6.45, 7) is 0.742. The van der Waals surface area contributed by atoms with Gasteiger partial charge in [0, 0.05) is 45.2 Å². The Kier molecular flexibility index (Phi) is 17.3. The zero-order valence-electron chi connectivity index (χ0n) is 24.0. The van der Waals surface area contributed by atoms with Crippen LogP contribution in [0, 0.1) is 5.92 Å². The van der Waals surface area contributed by atoms with E-state index in [1.54, 1.807) is 0 Å². The fourth-order valence-corrected chi connectivity index (χ4v) is 4.02. The van der Waals surface area contributed by atoms with Gasteiger partial charge in [-0.25, -0.2) is 0 Å². The number of hydrogen-bond donors (Lipinski definition) is 8. The second-order valence-electron chi connectivity index (χ2n) is 9.97.